The molecular weight excluding hydrogens is 464 g/mol. The van der Waals surface area contributed by atoms with E-state index in [0.29, 0.717) is 0 Å². The van der Waals surface area contributed by atoms with E-state index in [1.54, 1.807) is 25.2 Å². The molecule has 2 amide bonds. The number of aryl methyl sites for hydroxylation is 1. The predicted octanol–water partition coefficient (Wildman–Crippen LogP) is 4.01. The molecule has 1 aromatic heterocycles. The van der Waals surface area contributed by atoms with Crippen molar-refractivity contribution in [3.05, 3.63) is 52.9 Å². The van der Waals surface area contributed by atoms with E-state index in [1.165, 1.54) is 17.9 Å². The second kappa shape index (κ2) is 11.1. The number of benzene rings is 1. The summed E-state index contributed by atoms with van der Waals surface area (Å²) in [5.41, 5.74) is 4.90. The first-order chi connectivity index (χ1) is 16.5. The second-order valence-electron chi connectivity index (χ2n) is 9.49. The van der Waals surface area contributed by atoms with Gasteiger partial charge < -0.3 is 25.8 Å². The quantitative estimate of drug-likeness (QED) is 0.323. The molecule has 2 heterocycles. The third-order valence-electron chi connectivity index (χ3n) is 6.26. The molecule has 4 N–H and O–H groups in total. The van der Waals surface area contributed by atoms with Crippen LogP contribution in [0.4, 0.5) is 0 Å². The number of aliphatic hydroxyl groups is 2. The van der Waals surface area contributed by atoms with Gasteiger partial charge in [-0.3, -0.25) is 9.59 Å². The van der Waals surface area contributed by atoms with E-state index in [2.05, 4.69) is 10.3 Å². The number of thiazole rings is 1. The maximum atomic E-state index is 13.4. The minimum atomic E-state index is -0.893. The molecule has 1 saturated heterocycles. The lowest BCUT2D eigenvalue weighted by molar-refractivity contribution is -0.142. The molecular formula is C26H34N4O4S. The largest absolute Gasteiger partial charge is 0.511 e. The van der Waals surface area contributed by atoms with E-state index < -0.39 is 24.0 Å². The molecule has 0 spiro atoms. The number of carbonyl (C=O) groups excluding carboxylic acids is 2. The molecule has 0 bridgehead atoms. The Balaban J connectivity index is 1.74. The second-order valence-corrected chi connectivity index (χ2v) is 10.3. The summed E-state index contributed by atoms with van der Waals surface area (Å²) >= 11 is 1.58. The summed E-state index contributed by atoms with van der Waals surface area (Å²) in [5, 5.41) is 31.3. The van der Waals surface area contributed by atoms with Gasteiger partial charge in [0.05, 0.1) is 34.1 Å². The Kier molecular flexibility index (Phi) is 8.45. The molecule has 1 aromatic carbocycles. The molecule has 2 aromatic rings. The average Bonchev–Trinajstić information content (AvgIpc) is 3.38. The molecule has 8 nitrogen and oxygen atoms in total. The van der Waals surface area contributed by atoms with Crippen LogP contribution in [0.1, 0.15) is 51.4 Å². The SMILES string of the molecule is CC(=N)/C=C(\O)C(C(=O)N1C[C@H](O)C[C@H]1C(=O)NC(C)c1ccc(-c2scnc2C)cc1)C(C)C. The summed E-state index contributed by atoms with van der Waals surface area (Å²) in [6.45, 7) is 8.98. The fraction of sp³-hybridized carbons (Fsp3) is 0.462. The number of nitrogens with one attached hydrogen (secondary N) is 2. The summed E-state index contributed by atoms with van der Waals surface area (Å²) in [6.07, 6.45) is 0.562. The maximum absolute atomic E-state index is 13.4. The molecule has 0 saturated carbocycles. The number of allylic oxidation sites excluding steroid dienone is 1. The molecule has 2 unspecified atom stereocenters. The van der Waals surface area contributed by atoms with Gasteiger partial charge in [0.2, 0.25) is 11.8 Å². The first kappa shape index (κ1) is 26.6. The number of β-amino-alcohol motifs (C(OH)–C–C–N with tert-alkyl or cyclic N) is 1. The molecule has 35 heavy (non-hydrogen) atoms. The van der Waals surface area contributed by atoms with Crippen LogP contribution in [0.25, 0.3) is 10.4 Å². The number of rotatable bonds is 8. The van der Waals surface area contributed by atoms with Crippen molar-refractivity contribution >= 4 is 28.9 Å². The zero-order chi connectivity index (χ0) is 25.9. The zero-order valence-corrected chi connectivity index (χ0v) is 21.6. The fourth-order valence-electron chi connectivity index (χ4n) is 4.44. The highest BCUT2D eigenvalue weighted by atomic mass is 32.1. The summed E-state index contributed by atoms with van der Waals surface area (Å²) in [4.78, 5) is 33.3. The van der Waals surface area contributed by atoms with Crippen LogP contribution in [0, 0.1) is 24.2 Å². The highest BCUT2D eigenvalue weighted by molar-refractivity contribution is 7.13. The zero-order valence-electron chi connectivity index (χ0n) is 20.8. The van der Waals surface area contributed by atoms with E-state index >= 15 is 0 Å². The van der Waals surface area contributed by atoms with Crippen molar-refractivity contribution < 1.29 is 19.8 Å². The third-order valence-corrected chi connectivity index (χ3v) is 7.24. The van der Waals surface area contributed by atoms with Crippen molar-refractivity contribution in [1.82, 2.24) is 15.2 Å². The van der Waals surface area contributed by atoms with Crippen LogP contribution < -0.4 is 5.32 Å². The summed E-state index contributed by atoms with van der Waals surface area (Å²) in [5.74, 6) is -2.12. The monoisotopic (exact) mass is 498 g/mol. The Morgan fingerprint density at radius 2 is 1.91 bits per heavy atom. The minimum absolute atomic E-state index is 0.0221. The van der Waals surface area contributed by atoms with Gasteiger partial charge in [-0.1, -0.05) is 38.1 Å². The number of hydrogen-bond donors (Lipinski definition) is 4. The highest BCUT2D eigenvalue weighted by Crippen LogP contribution is 2.30. The van der Waals surface area contributed by atoms with Crippen LogP contribution in [0.3, 0.4) is 0 Å². The summed E-state index contributed by atoms with van der Waals surface area (Å²) in [7, 11) is 0. The predicted molar refractivity (Wildman–Crippen MR) is 137 cm³/mol. The number of likely N-dealkylation sites (tertiary alicyclic amines) is 1. The number of hydrogen-bond acceptors (Lipinski definition) is 7. The fourth-order valence-corrected chi connectivity index (χ4v) is 5.26. The van der Waals surface area contributed by atoms with Crippen LogP contribution in [0.5, 0.6) is 0 Å². The number of carbonyl (C=O) groups is 2. The van der Waals surface area contributed by atoms with E-state index in [4.69, 9.17) is 5.41 Å². The van der Waals surface area contributed by atoms with Gasteiger partial charge in [0.25, 0.3) is 0 Å². The smallest absolute Gasteiger partial charge is 0.243 e. The molecule has 188 valence electrons. The lowest BCUT2D eigenvalue weighted by Crippen LogP contribution is -2.49. The Labute approximate surface area is 210 Å². The topological polar surface area (TPSA) is 127 Å². The van der Waals surface area contributed by atoms with Crippen molar-refractivity contribution in [2.75, 3.05) is 6.54 Å². The van der Waals surface area contributed by atoms with Gasteiger partial charge in [0, 0.05) is 18.7 Å². The van der Waals surface area contributed by atoms with E-state index in [9.17, 15) is 19.8 Å². The summed E-state index contributed by atoms with van der Waals surface area (Å²) in [6, 6.07) is 6.78. The van der Waals surface area contributed by atoms with E-state index in [1.807, 2.05) is 43.6 Å². The standard InChI is InChI=1S/C26H34N4O4S/c1-14(2)23(22(32)10-15(3)27)26(34)30-12-20(31)11-21(30)25(33)29-16(4)18-6-8-19(9-7-18)24-17(5)28-13-35-24/h6-10,13-14,16,20-21,23,27,31-32H,11-12H2,1-5H3,(H,29,33)/b22-10-,27-15?/t16?,20-,21+,23?/m1/s1. The Morgan fingerprint density at radius 3 is 2.46 bits per heavy atom. The Bertz CT molecular complexity index is 1110. The molecule has 4 atom stereocenters. The molecule has 0 radical (unpaired) electrons. The van der Waals surface area contributed by atoms with E-state index in [-0.39, 0.29) is 42.3 Å². The highest BCUT2D eigenvalue weighted by Gasteiger charge is 2.43. The number of nitrogens with zero attached hydrogens (tertiary/aromatic N) is 2. The lowest BCUT2D eigenvalue weighted by atomic mass is 9.91. The Morgan fingerprint density at radius 1 is 1.26 bits per heavy atom. The van der Waals surface area contributed by atoms with Gasteiger partial charge in [0.1, 0.15) is 11.8 Å². The Hall–Kier alpha value is -3.04. The van der Waals surface area contributed by atoms with Gasteiger partial charge in [0.15, 0.2) is 0 Å². The number of aromatic nitrogens is 1. The lowest BCUT2D eigenvalue weighted by Gasteiger charge is -2.30. The molecule has 1 fully saturated rings. The van der Waals surface area contributed by atoms with Gasteiger partial charge in [-0.15, -0.1) is 11.3 Å². The number of amides is 2. The number of aliphatic hydroxyl groups excluding tert-OH is 2. The molecule has 9 heteroatoms. The molecule has 0 aliphatic carbocycles. The molecule has 1 aliphatic rings. The van der Waals surface area contributed by atoms with Crippen molar-refractivity contribution in [1.29, 1.82) is 5.41 Å². The third kappa shape index (κ3) is 6.15. The maximum Gasteiger partial charge on any atom is 0.243 e. The summed E-state index contributed by atoms with van der Waals surface area (Å²) < 4.78 is 0. The van der Waals surface area contributed by atoms with Crippen LogP contribution in [-0.4, -0.2) is 56.3 Å². The molecule has 1 aliphatic heterocycles. The molecule has 3 rings (SSSR count). The van der Waals surface area contributed by atoms with Crippen LogP contribution >= 0.6 is 11.3 Å². The normalized spacial score (nSPS) is 20.1. The first-order valence-electron chi connectivity index (χ1n) is 11.7. The van der Waals surface area contributed by atoms with Gasteiger partial charge >= 0.3 is 0 Å². The van der Waals surface area contributed by atoms with Crippen LogP contribution in [-0.2, 0) is 9.59 Å². The van der Waals surface area contributed by atoms with Gasteiger partial charge in [-0.25, -0.2) is 4.98 Å². The average molecular weight is 499 g/mol. The first-order valence-corrected chi connectivity index (χ1v) is 12.6. The van der Waals surface area contributed by atoms with Gasteiger partial charge in [-0.05, 0) is 43.9 Å². The van der Waals surface area contributed by atoms with Crippen LogP contribution in [0.15, 0.2) is 41.6 Å². The van der Waals surface area contributed by atoms with Gasteiger partial charge in [-0.2, -0.15) is 0 Å². The van der Waals surface area contributed by atoms with E-state index in [0.717, 1.165) is 21.7 Å². The van der Waals surface area contributed by atoms with Crippen molar-refractivity contribution in [3.8, 4) is 10.4 Å². The minimum Gasteiger partial charge on any atom is -0.511 e. The van der Waals surface area contributed by atoms with Crippen molar-refractivity contribution in [3.63, 3.8) is 0 Å². The van der Waals surface area contributed by atoms with Crippen molar-refractivity contribution in [2.24, 2.45) is 11.8 Å². The van der Waals surface area contributed by atoms with Crippen LogP contribution in [0.2, 0.25) is 0 Å². The van der Waals surface area contributed by atoms with Crippen molar-refractivity contribution in [2.45, 2.75) is 59.2 Å².